The molecule has 1 unspecified atom stereocenters. The molecule has 1 aromatic rings. The van der Waals surface area contributed by atoms with E-state index >= 15 is 0 Å². The van der Waals surface area contributed by atoms with Gasteiger partial charge in [0.1, 0.15) is 6.04 Å². The number of carboxylic acid groups (broad SMARTS) is 1. The van der Waals surface area contributed by atoms with Gasteiger partial charge >= 0.3 is 12.0 Å². The van der Waals surface area contributed by atoms with Crippen LogP contribution < -0.4 is 5.32 Å². The lowest BCUT2D eigenvalue weighted by molar-refractivity contribution is -0.141. The summed E-state index contributed by atoms with van der Waals surface area (Å²) in [4.78, 5) is 27.6. The smallest absolute Gasteiger partial charge is 0.326 e. The number of carbonyl (C=O) groups is 2. The van der Waals surface area contributed by atoms with Crippen molar-refractivity contribution in [2.24, 2.45) is 0 Å². The fourth-order valence-electron chi connectivity index (χ4n) is 1.12. The molecule has 1 rings (SSSR count). The molecule has 0 aliphatic rings. The van der Waals surface area contributed by atoms with E-state index in [2.05, 4.69) is 10.3 Å². The maximum absolute atomic E-state index is 11.6. The number of nitrogens with one attached hydrogen (secondary N) is 1. The maximum atomic E-state index is 11.6. The van der Waals surface area contributed by atoms with E-state index in [-0.39, 0.29) is 0 Å². The van der Waals surface area contributed by atoms with Gasteiger partial charge in [0.15, 0.2) is 0 Å². The van der Waals surface area contributed by atoms with Crippen LogP contribution in [0.1, 0.15) is 17.6 Å². The average Bonchev–Trinajstić information content (AvgIpc) is 2.69. The number of rotatable bonds is 4. The van der Waals surface area contributed by atoms with Crippen LogP contribution in [0.4, 0.5) is 4.79 Å². The standard InChI is InChI=1S/C10H15N3O3S/c1-6(9(14)15)13(3)10(16)11-4-8-5-17-7(2)12-8/h5-6H,4H2,1-3H3,(H,11,16)(H,14,15). The zero-order valence-electron chi connectivity index (χ0n) is 9.93. The number of urea groups is 1. The Morgan fingerprint density at radius 3 is 2.76 bits per heavy atom. The van der Waals surface area contributed by atoms with Crippen molar-refractivity contribution in [2.45, 2.75) is 26.4 Å². The molecule has 1 atom stereocenters. The number of likely N-dealkylation sites (N-methyl/N-ethyl adjacent to an activating group) is 1. The molecule has 0 saturated carbocycles. The van der Waals surface area contributed by atoms with Gasteiger partial charge in [-0.3, -0.25) is 0 Å². The number of aryl methyl sites for hydroxylation is 1. The van der Waals surface area contributed by atoms with Gasteiger partial charge in [0.2, 0.25) is 0 Å². The van der Waals surface area contributed by atoms with E-state index in [1.165, 1.54) is 25.3 Å². The van der Waals surface area contributed by atoms with Crippen LogP contribution >= 0.6 is 11.3 Å². The first-order chi connectivity index (χ1) is 7.91. The summed E-state index contributed by atoms with van der Waals surface area (Å²) in [6, 6.07) is -1.28. The van der Waals surface area contributed by atoms with Gasteiger partial charge in [-0.15, -0.1) is 11.3 Å². The minimum absolute atomic E-state index is 0.305. The van der Waals surface area contributed by atoms with Gasteiger partial charge in [0, 0.05) is 12.4 Å². The van der Waals surface area contributed by atoms with Crippen LogP contribution in [0.5, 0.6) is 0 Å². The number of aliphatic carboxylic acids is 1. The highest BCUT2D eigenvalue weighted by molar-refractivity contribution is 7.09. The molecule has 0 radical (unpaired) electrons. The Kier molecular flexibility index (Phi) is 4.45. The molecule has 0 fully saturated rings. The van der Waals surface area contributed by atoms with Gasteiger partial charge < -0.3 is 15.3 Å². The van der Waals surface area contributed by atoms with Gasteiger partial charge in [-0.1, -0.05) is 0 Å². The predicted molar refractivity (Wildman–Crippen MR) is 63.9 cm³/mol. The number of carbonyl (C=O) groups excluding carboxylic acids is 1. The van der Waals surface area contributed by atoms with Gasteiger partial charge in [-0.25, -0.2) is 14.6 Å². The number of hydrogen-bond donors (Lipinski definition) is 2. The van der Waals surface area contributed by atoms with Crippen molar-refractivity contribution < 1.29 is 14.7 Å². The van der Waals surface area contributed by atoms with Crippen LogP contribution in [0.25, 0.3) is 0 Å². The summed E-state index contributed by atoms with van der Waals surface area (Å²) in [6.45, 7) is 3.64. The van der Waals surface area contributed by atoms with E-state index in [9.17, 15) is 9.59 Å². The van der Waals surface area contributed by atoms with Crippen LogP contribution in [0.2, 0.25) is 0 Å². The predicted octanol–water partition coefficient (Wildman–Crippen LogP) is 1.07. The van der Waals surface area contributed by atoms with Crippen molar-refractivity contribution in [1.29, 1.82) is 0 Å². The molecule has 1 aromatic heterocycles. The number of hydrogen-bond acceptors (Lipinski definition) is 4. The van der Waals surface area contributed by atoms with Crippen molar-refractivity contribution in [3.05, 3.63) is 16.1 Å². The molecule has 0 spiro atoms. The monoisotopic (exact) mass is 257 g/mol. The van der Waals surface area contributed by atoms with Gasteiger partial charge in [0.25, 0.3) is 0 Å². The van der Waals surface area contributed by atoms with E-state index in [1.54, 1.807) is 0 Å². The van der Waals surface area contributed by atoms with Crippen molar-refractivity contribution >= 4 is 23.3 Å². The number of aromatic nitrogens is 1. The molecule has 94 valence electrons. The molecular formula is C10H15N3O3S. The average molecular weight is 257 g/mol. The Hall–Kier alpha value is -1.63. The van der Waals surface area contributed by atoms with Crippen LogP contribution in [-0.4, -0.2) is 40.1 Å². The second-order valence-corrected chi connectivity index (χ2v) is 4.70. The van der Waals surface area contributed by atoms with Gasteiger partial charge in [-0.2, -0.15) is 0 Å². The Labute approximate surface area is 103 Å². The summed E-state index contributed by atoms with van der Waals surface area (Å²) in [5.41, 5.74) is 0.775. The van der Waals surface area contributed by atoms with Crippen LogP contribution in [0, 0.1) is 6.92 Å². The van der Waals surface area contributed by atoms with E-state index < -0.39 is 18.0 Å². The maximum Gasteiger partial charge on any atom is 0.326 e. The number of thiazole rings is 1. The van der Waals surface area contributed by atoms with Crippen molar-refractivity contribution in [2.75, 3.05) is 7.05 Å². The molecule has 6 nitrogen and oxygen atoms in total. The molecule has 0 aliphatic carbocycles. The largest absolute Gasteiger partial charge is 0.480 e. The summed E-state index contributed by atoms with van der Waals surface area (Å²) in [6.07, 6.45) is 0. The summed E-state index contributed by atoms with van der Waals surface area (Å²) in [5.74, 6) is -1.04. The Bertz CT molecular complexity index is 419. The molecular weight excluding hydrogens is 242 g/mol. The number of nitrogens with zero attached hydrogens (tertiary/aromatic N) is 2. The van der Waals surface area contributed by atoms with Crippen LogP contribution in [0.15, 0.2) is 5.38 Å². The minimum Gasteiger partial charge on any atom is -0.480 e. The van der Waals surface area contributed by atoms with Crippen LogP contribution in [0.3, 0.4) is 0 Å². The van der Waals surface area contributed by atoms with E-state index in [4.69, 9.17) is 5.11 Å². The first kappa shape index (κ1) is 13.4. The summed E-state index contributed by atoms with van der Waals surface area (Å²) >= 11 is 1.51. The molecule has 0 bridgehead atoms. The third-order valence-corrected chi connectivity index (χ3v) is 3.17. The Morgan fingerprint density at radius 1 is 1.65 bits per heavy atom. The number of carboxylic acids is 1. The molecule has 0 saturated heterocycles. The van der Waals surface area contributed by atoms with Crippen molar-refractivity contribution in [1.82, 2.24) is 15.2 Å². The highest BCUT2D eigenvalue weighted by Gasteiger charge is 2.21. The molecule has 2 amide bonds. The second-order valence-electron chi connectivity index (χ2n) is 3.64. The van der Waals surface area contributed by atoms with Crippen molar-refractivity contribution in [3.8, 4) is 0 Å². The normalized spacial score (nSPS) is 11.9. The van der Waals surface area contributed by atoms with Crippen LogP contribution in [-0.2, 0) is 11.3 Å². The summed E-state index contributed by atoms with van der Waals surface area (Å²) in [5, 5.41) is 14.2. The zero-order valence-corrected chi connectivity index (χ0v) is 10.7. The lowest BCUT2D eigenvalue weighted by Crippen LogP contribution is -2.45. The third-order valence-electron chi connectivity index (χ3n) is 2.35. The quantitative estimate of drug-likeness (QED) is 0.845. The SMILES string of the molecule is Cc1nc(CNC(=O)N(C)C(C)C(=O)O)cs1. The highest BCUT2D eigenvalue weighted by Crippen LogP contribution is 2.07. The molecule has 1 heterocycles. The van der Waals surface area contributed by atoms with E-state index in [1.807, 2.05) is 12.3 Å². The molecule has 0 aromatic carbocycles. The molecule has 7 heteroatoms. The molecule has 2 N–H and O–H groups in total. The fourth-order valence-corrected chi connectivity index (χ4v) is 1.73. The first-order valence-corrected chi connectivity index (χ1v) is 5.94. The molecule has 0 aliphatic heterocycles. The Morgan fingerprint density at radius 2 is 2.29 bits per heavy atom. The molecule has 17 heavy (non-hydrogen) atoms. The first-order valence-electron chi connectivity index (χ1n) is 5.06. The van der Waals surface area contributed by atoms with Gasteiger partial charge in [0.05, 0.1) is 17.2 Å². The second kappa shape index (κ2) is 5.62. The lowest BCUT2D eigenvalue weighted by Gasteiger charge is -2.21. The number of amides is 2. The highest BCUT2D eigenvalue weighted by atomic mass is 32.1. The minimum atomic E-state index is -1.04. The zero-order chi connectivity index (χ0) is 13.0. The Balaban J connectivity index is 2.47. The van der Waals surface area contributed by atoms with E-state index in [0.29, 0.717) is 6.54 Å². The lowest BCUT2D eigenvalue weighted by atomic mass is 10.3. The summed E-state index contributed by atoms with van der Waals surface area (Å²) in [7, 11) is 1.44. The van der Waals surface area contributed by atoms with E-state index in [0.717, 1.165) is 15.6 Å². The fraction of sp³-hybridized carbons (Fsp3) is 0.500. The topological polar surface area (TPSA) is 82.5 Å². The van der Waals surface area contributed by atoms with Gasteiger partial charge in [-0.05, 0) is 13.8 Å². The van der Waals surface area contributed by atoms with Crippen molar-refractivity contribution in [3.63, 3.8) is 0 Å². The summed E-state index contributed by atoms with van der Waals surface area (Å²) < 4.78 is 0. The third kappa shape index (κ3) is 3.70.